The average molecular weight is 237 g/mol. The van der Waals surface area contributed by atoms with Crippen molar-refractivity contribution in [1.82, 2.24) is 4.90 Å². The first-order valence-electron chi connectivity index (χ1n) is 5.91. The van der Waals surface area contributed by atoms with Crippen molar-refractivity contribution in [3.8, 4) is 0 Å². The molecule has 0 saturated carbocycles. The minimum atomic E-state index is -1.06. The Labute approximate surface area is 99.9 Å². The van der Waals surface area contributed by atoms with Gasteiger partial charge in [-0.3, -0.25) is 4.90 Å². The second-order valence-corrected chi connectivity index (χ2v) is 4.41. The molecule has 4 heteroatoms. The maximum atomic E-state index is 13.7. The van der Waals surface area contributed by atoms with Crippen molar-refractivity contribution in [2.45, 2.75) is 25.8 Å². The van der Waals surface area contributed by atoms with E-state index in [0.717, 1.165) is 25.9 Å². The van der Waals surface area contributed by atoms with Gasteiger partial charge in [-0.2, -0.15) is 0 Å². The fourth-order valence-corrected chi connectivity index (χ4v) is 2.26. The quantitative estimate of drug-likeness (QED) is 0.878. The van der Waals surface area contributed by atoms with Crippen LogP contribution in [0.1, 0.15) is 35.2 Å². The Morgan fingerprint density at radius 3 is 2.65 bits per heavy atom. The van der Waals surface area contributed by atoms with Crippen LogP contribution in [0.3, 0.4) is 0 Å². The van der Waals surface area contributed by atoms with Crippen LogP contribution >= 0.6 is 0 Å². The molecule has 0 aromatic heterocycles. The standard InChI is InChI=1S/C13H16FNO2/c14-12-6-4-5-10(13(16)17)11(12)9-15-7-2-1-3-8-15/h4-6H,1-3,7-9H2,(H,16,17). The first-order valence-corrected chi connectivity index (χ1v) is 5.91. The predicted octanol–water partition coefficient (Wildman–Crippen LogP) is 2.51. The van der Waals surface area contributed by atoms with Crippen molar-refractivity contribution >= 4 is 5.97 Å². The van der Waals surface area contributed by atoms with Crippen molar-refractivity contribution in [1.29, 1.82) is 0 Å². The number of rotatable bonds is 3. The molecule has 1 heterocycles. The van der Waals surface area contributed by atoms with E-state index in [9.17, 15) is 9.18 Å². The van der Waals surface area contributed by atoms with Crippen LogP contribution in [-0.4, -0.2) is 29.1 Å². The van der Waals surface area contributed by atoms with E-state index in [1.165, 1.54) is 24.6 Å². The van der Waals surface area contributed by atoms with E-state index in [-0.39, 0.29) is 5.56 Å². The Balaban J connectivity index is 2.21. The summed E-state index contributed by atoms with van der Waals surface area (Å²) in [5.41, 5.74) is 0.387. The number of carboxylic acid groups (broad SMARTS) is 1. The van der Waals surface area contributed by atoms with E-state index < -0.39 is 11.8 Å². The highest BCUT2D eigenvalue weighted by molar-refractivity contribution is 5.89. The SMILES string of the molecule is O=C(O)c1cccc(F)c1CN1CCCCC1. The fraction of sp³-hybridized carbons (Fsp3) is 0.462. The molecule has 0 unspecified atom stereocenters. The van der Waals surface area contributed by atoms with Crippen LogP contribution < -0.4 is 0 Å². The number of nitrogens with zero attached hydrogens (tertiary/aromatic N) is 1. The smallest absolute Gasteiger partial charge is 0.336 e. The zero-order valence-corrected chi connectivity index (χ0v) is 9.66. The third kappa shape index (κ3) is 2.82. The molecular weight excluding hydrogens is 221 g/mol. The van der Waals surface area contributed by atoms with Crippen LogP contribution in [0.15, 0.2) is 18.2 Å². The minimum absolute atomic E-state index is 0.0792. The van der Waals surface area contributed by atoms with E-state index in [4.69, 9.17) is 5.11 Å². The summed E-state index contributed by atoms with van der Waals surface area (Å²) in [5.74, 6) is -1.48. The number of aromatic carboxylic acids is 1. The number of carbonyl (C=O) groups is 1. The highest BCUT2D eigenvalue weighted by Gasteiger charge is 2.18. The molecule has 0 amide bonds. The highest BCUT2D eigenvalue weighted by atomic mass is 19.1. The van der Waals surface area contributed by atoms with Gasteiger partial charge in [0.2, 0.25) is 0 Å². The van der Waals surface area contributed by atoms with E-state index in [1.54, 1.807) is 0 Å². The number of carboxylic acids is 1. The molecule has 1 saturated heterocycles. The van der Waals surface area contributed by atoms with E-state index in [0.29, 0.717) is 12.1 Å². The summed E-state index contributed by atoms with van der Waals surface area (Å²) in [6.07, 6.45) is 3.42. The van der Waals surface area contributed by atoms with Gasteiger partial charge in [-0.1, -0.05) is 12.5 Å². The minimum Gasteiger partial charge on any atom is -0.478 e. The van der Waals surface area contributed by atoms with Crippen LogP contribution in [0, 0.1) is 5.82 Å². The summed E-state index contributed by atoms with van der Waals surface area (Å²) < 4.78 is 13.7. The van der Waals surface area contributed by atoms with E-state index >= 15 is 0 Å². The Morgan fingerprint density at radius 2 is 2.00 bits per heavy atom. The normalized spacial score (nSPS) is 17.0. The number of halogens is 1. The van der Waals surface area contributed by atoms with Gasteiger partial charge in [-0.25, -0.2) is 9.18 Å². The van der Waals surface area contributed by atoms with Crippen molar-refractivity contribution in [3.05, 3.63) is 35.1 Å². The van der Waals surface area contributed by atoms with Crippen LogP contribution in [0.5, 0.6) is 0 Å². The van der Waals surface area contributed by atoms with E-state index in [2.05, 4.69) is 4.90 Å². The van der Waals surface area contributed by atoms with Gasteiger partial charge in [-0.15, -0.1) is 0 Å². The van der Waals surface area contributed by atoms with Crippen molar-refractivity contribution in [3.63, 3.8) is 0 Å². The largest absolute Gasteiger partial charge is 0.478 e. The average Bonchev–Trinajstić information content (AvgIpc) is 2.33. The molecule has 92 valence electrons. The van der Waals surface area contributed by atoms with E-state index in [1.807, 2.05) is 0 Å². The van der Waals surface area contributed by atoms with Crippen molar-refractivity contribution in [2.75, 3.05) is 13.1 Å². The lowest BCUT2D eigenvalue weighted by molar-refractivity contribution is 0.0693. The summed E-state index contributed by atoms with van der Waals surface area (Å²) in [6.45, 7) is 2.25. The Bertz CT molecular complexity index is 414. The predicted molar refractivity (Wildman–Crippen MR) is 62.5 cm³/mol. The molecule has 1 fully saturated rings. The van der Waals surface area contributed by atoms with Crippen LogP contribution in [0.2, 0.25) is 0 Å². The van der Waals surface area contributed by atoms with Gasteiger partial charge in [-0.05, 0) is 38.1 Å². The Hall–Kier alpha value is -1.42. The molecule has 0 aliphatic carbocycles. The third-order valence-electron chi connectivity index (χ3n) is 3.18. The second kappa shape index (κ2) is 5.27. The molecule has 17 heavy (non-hydrogen) atoms. The molecule has 2 rings (SSSR count). The zero-order valence-electron chi connectivity index (χ0n) is 9.66. The molecule has 0 radical (unpaired) electrons. The monoisotopic (exact) mass is 237 g/mol. The summed E-state index contributed by atoms with van der Waals surface area (Å²) in [7, 11) is 0. The third-order valence-corrected chi connectivity index (χ3v) is 3.18. The van der Waals surface area contributed by atoms with Crippen LogP contribution in [0.4, 0.5) is 4.39 Å². The molecular formula is C13H16FNO2. The zero-order chi connectivity index (χ0) is 12.3. The van der Waals surface area contributed by atoms with Gasteiger partial charge in [0.05, 0.1) is 5.56 Å². The molecule has 0 spiro atoms. The van der Waals surface area contributed by atoms with Gasteiger partial charge in [0.1, 0.15) is 5.82 Å². The summed E-state index contributed by atoms with van der Waals surface area (Å²) in [6, 6.07) is 4.23. The van der Waals surface area contributed by atoms with Crippen LogP contribution in [0.25, 0.3) is 0 Å². The maximum absolute atomic E-state index is 13.7. The number of hydrogen-bond acceptors (Lipinski definition) is 2. The molecule has 1 aliphatic rings. The molecule has 1 aliphatic heterocycles. The lowest BCUT2D eigenvalue weighted by Crippen LogP contribution is -2.30. The van der Waals surface area contributed by atoms with Gasteiger partial charge < -0.3 is 5.11 Å². The molecule has 1 aromatic carbocycles. The van der Waals surface area contributed by atoms with Crippen molar-refractivity contribution < 1.29 is 14.3 Å². The number of hydrogen-bond donors (Lipinski definition) is 1. The molecule has 3 nitrogen and oxygen atoms in total. The van der Waals surface area contributed by atoms with Gasteiger partial charge in [0, 0.05) is 12.1 Å². The number of likely N-dealkylation sites (tertiary alicyclic amines) is 1. The topological polar surface area (TPSA) is 40.5 Å². The maximum Gasteiger partial charge on any atom is 0.336 e. The lowest BCUT2D eigenvalue weighted by atomic mass is 10.0. The van der Waals surface area contributed by atoms with Crippen molar-refractivity contribution in [2.24, 2.45) is 0 Å². The van der Waals surface area contributed by atoms with Gasteiger partial charge in [0.15, 0.2) is 0 Å². The first kappa shape index (κ1) is 12.0. The fourth-order valence-electron chi connectivity index (χ4n) is 2.26. The lowest BCUT2D eigenvalue weighted by Gasteiger charge is -2.27. The van der Waals surface area contributed by atoms with Gasteiger partial charge >= 0.3 is 5.97 Å². The Kier molecular flexibility index (Phi) is 3.74. The summed E-state index contributed by atoms with van der Waals surface area (Å²) >= 11 is 0. The molecule has 0 atom stereocenters. The Morgan fingerprint density at radius 1 is 1.29 bits per heavy atom. The van der Waals surface area contributed by atoms with Crippen LogP contribution in [-0.2, 0) is 6.54 Å². The second-order valence-electron chi connectivity index (χ2n) is 4.41. The number of piperidine rings is 1. The molecule has 0 bridgehead atoms. The molecule has 1 N–H and O–H groups in total. The van der Waals surface area contributed by atoms with Gasteiger partial charge in [0.25, 0.3) is 0 Å². The number of benzene rings is 1. The summed E-state index contributed by atoms with van der Waals surface area (Å²) in [5, 5.41) is 9.03. The molecule has 1 aromatic rings. The summed E-state index contributed by atoms with van der Waals surface area (Å²) in [4.78, 5) is 13.1. The first-order chi connectivity index (χ1) is 8.18. The highest BCUT2D eigenvalue weighted by Crippen LogP contribution is 2.19.